The number of oxazole rings is 1. The minimum atomic E-state index is -0.0909. The number of carbonyl (C=O) groups excluding carboxylic acids is 1. The lowest BCUT2D eigenvalue weighted by atomic mass is 10.2. The molecule has 0 saturated carbocycles. The molecule has 1 aromatic heterocycles. The maximum atomic E-state index is 11.3. The first kappa shape index (κ1) is 11.2. The molecule has 5 nitrogen and oxygen atoms in total. The zero-order valence-electron chi connectivity index (χ0n) is 9.43. The van der Waals surface area contributed by atoms with Gasteiger partial charge in [-0.05, 0) is 24.3 Å². The topological polar surface area (TPSA) is 67.2 Å². The standard InChI is InChI=1S/C12H13N3O2/c1-13-12(16)9-2-4-10(5-3-9)15-7-11-6-14-8-17-11/h2-6,8,15H,7H2,1H3,(H,13,16). The van der Waals surface area contributed by atoms with Crippen molar-refractivity contribution in [1.82, 2.24) is 10.3 Å². The van der Waals surface area contributed by atoms with Crippen LogP contribution in [0.4, 0.5) is 5.69 Å². The molecule has 5 heteroatoms. The number of nitrogens with zero attached hydrogens (tertiary/aromatic N) is 1. The van der Waals surface area contributed by atoms with Crippen LogP contribution in [0.2, 0.25) is 0 Å². The predicted molar refractivity (Wildman–Crippen MR) is 63.7 cm³/mol. The van der Waals surface area contributed by atoms with E-state index in [4.69, 9.17) is 4.42 Å². The number of hydrogen-bond acceptors (Lipinski definition) is 4. The van der Waals surface area contributed by atoms with E-state index in [9.17, 15) is 4.79 Å². The minimum Gasteiger partial charge on any atom is -0.447 e. The smallest absolute Gasteiger partial charge is 0.251 e. The minimum absolute atomic E-state index is 0.0909. The van der Waals surface area contributed by atoms with Crippen molar-refractivity contribution >= 4 is 11.6 Å². The molecule has 1 heterocycles. The van der Waals surface area contributed by atoms with Crippen molar-refractivity contribution in [2.75, 3.05) is 12.4 Å². The summed E-state index contributed by atoms with van der Waals surface area (Å²) in [6, 6.07) is 7.23. The normalized spacial score (nSPS) is 9.94. The van der Waals surface area contributed by atoms with Gasteiger partial charge in [-0.15, -0.1) is 0 Å². The van der Waals surface area contributed by atoms with Gasteiger partial charge in [-0.3, -0.25) is 4.79 Å². The second kappa shape index (κ2) is 5.16. The molecule has 0 unspecified atom stereocenters. The van der Waals surface area contributed by atoms with Crippen molar-refractivity contribution in [3.05, 3.63) is 48.2 Å². The molecule has 0 bridgehead atoms. The van der Waals surface area contributed by atoms with Crippen LogP contribution in [-0.4, -0.2) is 17.9 Å². The zero-order chi connectivity index (χ0) is 12.1. The Hall–Kier alpha value is -2.30. The van der Waals surface area contributed by atoms with Crippen LogP contribution in [0.25, 0.3) is 0 Å². The highest BCUT2D eigenvalue weighted by Gasteiger charge is 2.02. The highest BCUT2D eigenvalue weighted by Crippen LogP contribution is 2.11. The first-order valence-electron chi connectivity index (χ1n) is 5.23. The van der Waals surface area contributed by atoms with Crippen LogP contribution < -0.4 is 10.6 Å². The number of hydrogen-bond donors (Lipinski definition) is 2. The molecule has 0 saturated heterocycles. The molecule has 0 radical (unpaired) electrons. The van der Waals surface area contributed by atoms with E-state index < -0.39 is 0 Å². The lowest BCUT2D eigenvalue weighted by Crippen LogP contribution is -2.17. The summed E-state index contributed by atoms with van der Waals surface area (Å²) in [5.74, 6) is 0.673. The Balaban J connectivity index is 1.96. The molecule has 2 N–H and O–H groups in total. The van der Waals surface area contributed by atoms with E-state index in [1.165, 1.54) is 6.39 Å². The Labute approximate surface area is 98.9 Å². The molecule has 17 heavy (non-hydrogen) atoms. The quantitative estimate of drug-likeness (QED) is 0.839. The van der Waals surface area contributed by atoms with Crippen molar-refractivity contribution in [3.63, 3.8) is 0 Å². The molecule has 2 aromatic rings. The van der Waals surface area contributed by atoms with Gasteiger partial charge in [-0.2, -0.15) is 0 Å². The van der Waals surface area contributed by atoms with Crippen LogP contribution in [0.1, 0.15) is 16.1 Å². The van der Waals surface area contributed by atoms with E-state index >= 15 is 0 Å². The molecule has 0 aliphatic carbocycles. The number of benzene rings is 1. The third kappa shape index (κ3) is 2.84. The van der Waals surface area contributed by atoms with Crippen LogP contribution in [0.15, 0.2) is 41.3 Å². The number of rotatable bonds is 4. The van der Waals surface area contributed by atoms with Gasteiger partial charge >= 0.3 is 0 Å². The number of nitrogens with one attached hydrogen (secondary N) is 2. The average Bonchev–Trinajstić information content (AvgIpc) is 2.89. The van der Waals surface area contributed by atoms with E-state index in [-0.39, 0.29) is 5.91 Å². The molecule has 1 aromatic carbocycles. The zero-order valence-corrected chi connectivity index (χ0v) is 9.43. The highest BCUT2D eigenvalue weighted by atomic mass is 16.3. The van der Waals surface area contributed by atoms with Crippen molar-refractivity contribution < 1.29 is 9.21 Å². The molecule has 0 atom stereocenters. The fraction of sp³-hybridized carbons (Fsp3) is 0.167. The molecule has 88 valence electrons. The average molecular weight is 231 g/mol. The molecule has 1 amide bonds. The van der Waals surface area contributed by atoms with Crippen molar-refractivity contribution in [2.45, 2.75) is 6.54 Å². The van der Waals surface area contributed by atoms with E-state index in [2.05, 4.69) is 15.6 Å². The van der Waals surface area contributed by atoms with Crippen molar-refractivity contribution in [1.29, 1.82) is 0 Å². The van der Waals surface area contributed by atoms with E-state index in [0.717, 1.165) is 11.4 Å². The molecule has 0 aliphatic rings. The van der Waals surface area contributed by atoms with Crippen LogP contribution in [-0.2, 0) is 6.54 Å². The van der Waals surface area contributed by atoms with E-state index in [1.807, 2.05) is 12.1 Å². The summed E-state index contributed by atoms with van der Waals surface area (Å²) in [6.07, 6.45) is 3.05. The lowest BCUT2D eigenvalue weighted by Gasteiger charge is -2.05. The Morgan fingerprint density at radius 1 is 1.35 bits per heavy atom. The van der Waals surface area contributed by atoms with Gasteiger partial charge in [-0.25, -0.2) is 4.98 Å². The number of anilines is 1. The second-order valence-corrected chi connectivity index (χ2v) is 3.48. The molecular weight excluding hydrogens is 218 g/mol. The molecular formula is C12H13N3O2. The van der Waals surface area contributed by atoms with Crippen LogP contribution >= 0.6 is 0 Å². The Morgan fingerprint density at radius 3 is 2.71 bits per heavy atom. The fourth-order valence-electron chi connectivity index (χ4n) is 1.40. The Bertz CT molecular complexity index is 477. The van der Waals surface area contributed by atoms with Crippen molar-refractivity contribution in [3.8, 4) is 0 Å². The summed E-state index contributed by atoms with van der Waals surface area (Å²) >= 11 is 0. The lowest BCUT2D eigenvalue weighted by molar-refractivity contribution is 0.0963. The third-order valence-corrected chi connectivity index (χ3v) is 2.32. The maximum Gasteiger partial charge on any atom is 0.251 e. The SMILES string of the molecule is CNC(=O)c1ccc(NCc2cnco2)cc1. The van der Waals surface area contributed by atoms with Crippen molar-refractivity contribution in [2.24, 2.45) is 0 Å². The Morgan fingerprint density at radius 2 is 2.12 bits per heavy atom. The van der Waals surface area contributed by atoms with Gasteiger partial charge in [-0.1, -0.05) is 0 Å². The van der Waals surface area contributed by atoms with Crippen LogP contribution in [0.5, 0.6) is 0 Å². The first-order chi connectivity index (χ1) is 8.29. The molecule has 0 fully saturated rings. The predicted octanol–water partition coefficient (Wildman–Crippen LogP) is 1.65. The summed E-state index contributed by atoms with van der Waals surface area (Å²) in [4.78, 5) is 15.1. The van der Waals surface area contributed by atoms with Crippen LogP contribution in [0, 0.1) is 0 Å². The summed E-state index contributed by atoms with van der Waals surface area (Å²) in [5.41, 5.74) is 1.56. The van der Waals surface area contributed by atoms with Gasteiger partial charge < -0.3 is 15.1 Å². The second-order valence-electron chi connectivity index (χ2n) is 3.48. The molecule has 2 rings (SSSR count). The van der Waals surface area contributed by atoms with Gasteiger partial charge in [0.1, 0.15) is 5.76 Å². The summed E-state index contributed by atoms with van der Waals surface area (Å²) in [5, 5.41) is 5.74. The number of aromatic nitrogens is 1. The van der Waals surface area contributed by atoms with E-state index in [1.54, 1.807) is 25.4 Å². The molecule has 0 aliphatic heterocycles. The summed E-state index contributed by atoms with van der Waals surface area (Å²) in [7, 11) is 1.61. The summed E-state index contributed by atoms with van der Waals surface area (Å²) in [6.45, 7) is 0.569. The first-order valence-corrected chi connectivity index (χ1v) is 5.23. The highest BCUT2D eigenvalue weighted by molar-refractivity contribution is 5.94. The third-order valence-electron chi connectivity index (χ3n) is 2.32. The molecule has 0 spiro atoms. The fourth-order valence-corrected chi connectivity index (χ4v) is 1.40. The number of amides is 1. The van der Waals surface area contributed by atoms with Crippen LogP contribution in [0.3, 0.4) is 0 Å². The maximum absolute atomic E-state index is 11.3. The van der Waals surface area contributed by atoms with Gasteiger partial charge in [0.15, 0.2) is 6.39 Å². The number of carbonyl (C=O) groups is 1. The van der Waals surface area contributed by atoms with Gasteiger partial charge in [0.2, 0.25) is 0 Å². The van der Waals surface area contributed by atoms with Gasteiger partial charge in [0.25, 0.3) is 5.91 Å². The Kier molecular flexibility index (Phi) is 3.40. The summed E-state index contributed by atoms with van der Waals surface area (Å²) < 4.78 is 5.10. The monoisotopic (exact) mass is 231 g/mol. The largest absolute Gasteiger partial charge is 0.447 e. The van der Waals surface area contributed by atoms with Gasteiger partial charge in [0, 0.05) is 18.3 Å². The van der Waals surface area contributed by atoms with Gasteiger partial charge in [0.05, 0.1) is 12.7 Å². The van der Waals surface area contributed by atoms with E-state index in [0.29, 0.717) is 12.1 Å².